The fraction of sp³-hybridized carbons (Fsp3) is 0.478. The summed E-state index contributed by atoms with van der Waals surface area (Å²) in [5, 5.41) is 12.8. The fourth-order valence-electron chi connectivity index (χ4n) is 4.65. The highest BCUT2D eigenvalue weighted by Crippen LogP contribution is 2.25. The number of aryl methyl sites for hydroxylation is 1. The minimum absolute atomic E-state index is 0.0964. The van der Waals surface area contributed by atoms with Crippen LogP contribution in [0.4, 0.5) is 11.5 Å². The van der Waals surface area contributed by atoms with Gasteiger partial charge in [0.25, 0.3) is 0 Å². The topological polar surface area (TPSA) is 79.1 Å². The highest BCUT2D eigenvalue weighted by molar-refractivity contribution is 5.79. The summed E-state index contributed by atoms with van der Waals surface area (Å²) in [6.07, 6.45) is 1.72. The number of carbonyl (C=O) groups excluding carboxylic acids is 1. The highest BCUT2D eigenvalue weighted by atomic mass is 16.5. The summed E-state index contributed by atoms with van der Waals surface area (Å²) in [6.45, 7) is 6.84. The molecule has 168 valence electrons. The van der Waals surface area contributed by atoms with Gasteiger partial charge in [0.05, 0.1) is 7.11 Å². The van der Waals surface area contributed by atoms with Crippen LogP contribution in [0.3, 0.4) is 0 Å². The van der Waals surface area contributed by atoms with Gasteiger partial charge in [-0.1, -0.05) is 0 Å². The maximum atomic E-state index is 13.1. The minimum atomic E-state index is 0.0964. The first kappa shape index (κ1) is 20.5. The van der Waals surface area contributed by atoms with Gasteiger partial charge in [-0.05, 0) is 56.2 Å². The largest absolute Gasteiger partial charge is 0.497 e. The third-order valence-corrected chi connectivity index (χ3v) is 6.60. The lowest BCUT2D eigenvalue weighted by atomic mass is 9.95. The first-order valence-corrected chi connectivity index (χ1v) is 11.2. The van der Waals surface area contributed by atoms with Crippen LogP contribution in [-0.4, -0.2) is 77.0 Å². The highest BCUT2D eigenvalue weighted by Gasteiger charge is 2.31. The number of fused-ring (bicyclic) bond motifs is 1. The molecule has 2 aliphatic heterocycles. The second-order valence-electron chi connectivity index (χ2n) is 8.48. The maximum absolute atomic E-state index is 13.1. The second kappa shape index (κ2) is 8.64. The van der Waals surface area contributed by atoms with E-state index in [0.717, 1.165) is 75.1 Å². The first-order valence-electron chi connectivity index (χ1n) is 11.2. The van der Waals surface area contributed by atoms with Crippen LogP contribution in [0.25, 0.3) is 5.65 Å². The van der Waals surface area contributed by atoms with E-state index in [1.165, 1.54) is 5.69 Å². The molecule has 1 aromatic carbocycles. The lowest BCUT2D eigenvalue weighted by molar-refractivity contribution is -0.136. The predicted molar refractivity (Wildman–Crippen MR) is 122 cm³/mol. The standard InChI is InChI=1S/C23H29N7O2/c1-17-24-25-21-7-8-22(26-30(17)21)28-11-9-18(10-12-28)23(31)29-15-13-27(14-16-29)19-3-5-20(32-2)6-4-19/h3-8,18H,9-16H2,1-2H3. The van der Waals surface area contributed by atoms with E-state index < -0.39 is 0 Å². The van der Waals surface area contributed by atoms with E-state index >= 15 is 0 Å². The average Bonchev–Trinajstić information content (AvgIpc) is 3.24. The van der Waals surface area contributed by atoms with Crippen molar-refractivity contribution in [1.82, 2.24) is 24.7 Å². The zero-order valence-electron chi connectivity index (χ0n) is 18.6. The van der Waals surface area contributed by atoms with Crippen molar-refractivity contribution in [2.45, 2.75) is 19.8 Å². The molecular weight excluding hydrogens is 406 g/mol. The zero-order valence-corrected chi connectivity index (χ0v) is 18.6. The van der Waals surface area contributed by atoms with Crippen LogP contribution in [0.15, 0.2) is 36.4 Å². The molecule has 32 heavy (non-hydrogen) atoms. The van der Waals surface area contributed by atoms with Gasteiger partial charge in [-0.3, -0.25) is 4.79 Å². The molecule has 0 aliphatic carbocycles. The Bertz CT molecular complexity index is 1080. The predicted octanol–water partition coefficient (Wildman–Crippen LogP) is 2.01. The normalized spacial score (nSPS) is 17.8. The third-order valence-electron chi connectivity index (χ3n) is 6.60. The number of piperazine rings is 1. The molecule has 9 heteroatoms. The number of amides is 1. The Kier molecular flexibility index (Phi) is 5.55. The summed E-state index contributed by atoms with van der Waals surface area (Å²) in [6, 6.07) is 12.1. The molecule has 0 spiro atoms. The number of ether oxygens (including phenoxy) is 1. The molecule has 3 aromatic rings. The number of aromatic nitrogens is 4. The molecule has 0 saturated carbocycles. The van der Waals surface area contributed by atoms with Crippen molar-refractivity contribution in [3.05, 3.63) is 42.2 Å². The first-order chi connectivity index (χ1) is 15.6. The Labute approximate surface area is 187 Å². The van der Waals surface area contributed by atoms with E-state index in [-0.39, 0.29) is 5.92 Å². The van der Waals surface area contributed by atoms with Crippen LogP contribution >= 0.6 is 0 Å². The van der Waals surface area contributed by atoms with Gasteiger partial charge in [-0.25, -0.2) is 0 Å². The van der Waals surface area contributed by atoms with Crippen LogP contribution < -0.4 is 14.5 Å². The smallest absolute Gasteiger partial charge is 0.225 e. The Morgan fingerprint density at radius 3 is 2.31 bits per heavy atom. The minimum Gasteiger partial charge on any atom is -0.497 e. The van der Waals surface area contributed by atoms with E-state index in [0.29, 0.717) is 5.91 Å². The Hall–Kier alpha value is -3.36. The Morgan fingerprint density at radius 1 is 0.906 bits per heavy atom. The van der Waals surface area contributed by atoms with Gasteiger partial charge < -0.3 is 19.4 Å². The van der Waals surface area contributed by atoms with E-state index in [1.807, 2.05) is 36.1 Å². The molecule has 2 aliphatic rings. The van der Waals surface area contributed by atoms with Crippen LogP contribution in [0.2, 0.25) is 0 Å². The van der Waals surface area contributed by atoms with Gasteiger partial charge in [0.2, 0.25) is 5.91 Å². The van der Waals surface area contributed by atoms with Crippen LogP contribution in [0, 0.1) is 12.8 Å². The molecule has 4 heterocycles. The maximum Gasteiger partial charge on any atom is 0.225 e. The molecule has 0 N–H and O–H groups in total. The summed E-state index contributed by atoms with van der Waals surface area (Å²) in [5.41, 5.74) is 1.93. The van der Waals surface area contributed by atoms with E-state index in [4.69, 9.17) is 4.74 Å². The SMILES string of the molecule is COc1ccc(N2CCN(C(=O)C3CCN(c4ccc5nnc(C)n5n4)CC3)CC2)cc1. The van der Waals surface area contributed by atoms with Crippen LogP contribution in [0.5, 0.6) is 5.75 Å². The van der Waals surface area contributed by atoms with E-state index in [9.17, 15) is 4.79 Å². The van der Waals surface area contributed by atoms with Crippen molar-refractivity contribution < 1.29 is 9.53 Å². The Morgan fingerprint density at radius 2 is 1.62 bits per heavy atom. The molecule has 0 atom stereocenters. The van der Waals surface area contributed by atoms with Crippen molar-refractivity contribution in [1.29, 1.82) is 0 Å². The number of nitrogens with zero attached hydrogens (tertiary/aromatic N) is 7. The molecule has 2 aromatic heterocycles. The number of hydrogen-bond donors (Lipinski definition) is 0. The monoisotopic (exact) mass is 435 g/mol. The summed E-state index contributed by atoms with van der Waals surface area (Å²) < 4.78 is 7.02. The van der Waals surface area contributed by atoms with Gasteiger partial charge >= 0.3 is 0 Å². The number of benzene rings is 1. The number of methoxy groups -OCH3 is 1. The third kappa shape index (κ3) is 3.94. The molecule has 0 bridgehead atoms. The number of anilines is 2. The molecule has 9 nitrogen and oxygen atoms in total. The number of hydrogen-bond acceptors (Lipinski definition) is 7. The van der Waals surface area contributed by atoms with Crippen LogP contribution in [-0.2, 0) is 4.79 Å². The van der Waals surface area contributed by atoms with Crippen molar-refractivity contribution in [3.8, 4) is 5.75 Å². The van der Waals surface area contributed by atoms with Gasteiger partial charge in [-0.15, -0.1) is 15.3 Å². The second-order valence-corrected chi connectivity index (χ2v) is 8.48. The van der Waals surface area contributed by atoms with Gasteiger partial charge in [0, 0.05) is 50.9 Å². The van der Waals surface area contributed by atoms with Crippen molar-refractivity contribution in [2.75, 3.05) is 56.2 Å². The molecule has 0 unspecified atom stereocenters. The number of piperidine rings is 1. The summed E-state index contributed by atoms with van der Waals surface area (Å²) in [5.74, 6) is 2.96. The van der Waals surface area contributed by atoms with Crippen LogP contribution in [0.1, 0.15) is 18.7 Å². The molecule has 1 amide bonds. The van der Waals surface area contributed by atoms with Crippen molar-refractivity contribution in [2.24, 2.45) is 5.92 Å². The average molecular weight is 436 g/mol. The van der Waals surface area contributed by atoms with Crippen molar-refractivity contribution >= 4 is 23.1 Å². The summed E-state index contributed by atoms with van der Waals surface area (Å²) in [7, 11) is 1.68. The van der Waals surface area contributed by atoms with E-state index in [1.54, 1.807) is 11.6 Å². The number of rotatable bonds is 4. The zero-order chi connectivity index (χ0) is 22.1. The molecular formula is C23H29N7O2. The molecule has 5 rings (SSSR count). The van der Waals surface area contributed by atoms with Crippen molar-refractivity contribution in [3.63, 3.8) is 0 Å². The van der Waals surface area contributed by atoms with Gasteiger partial charge in [0.15, 0.2) is 11.5 Å². The van der Waals surface area contributed by atoms with Gasteiger partial charge in [0.1, 0.15) is 11.6 Å². The lowest BCUT2D eigenvalue weighted by Crippen LogP contribution is -2.51. The molecule has 0 radical (unpaired) electrons. The quantitative estimate of drug-likeness (QED) is 0.620. The lowest BCUT2D eigenvalue weighted by Gasteiger charge is -2.39. The molecule has 2 saturated heterocycles. The summed E-state index contributed by atoms with van der Waals surface area (Å²) in [4.78, 5) is 19.8. The fourth-order valence-corrected chi connectivity index (χ4v) is 4.65. The van der Waals surface area contributed by atoms with Gasteiger partial charge in [-0.2, -0.15) is 4.52 Å². The van der Waals surface area contributed by atoms with E-state index in [2.05, 4.69) is 37.2 Å². The summed E-state index contributed by atoms with van der Waals surface area (Å²) >= 11 is 0. The molecule has 2 fully saturated rings. The number of carbonyl (C=O) groups is 1. The Balaban J connectivity index is 1.14.